The Kier molecular flexibility index (Phi) is 3.93. The van der Waals surface area contributed by atoms with Crippen molar-refractivity contribution in [3.8, 4) is 0 Å². The molecule has 2 N–H and O–H groups in total. The van der Waals surface area contributed by atoms with Crippen LogP contribution in [0.5, 0.6) is 0 Å². The van der Waals surface area contributed by atoms with Crippen LogP contribution in [0.4, 0.5) is 0 Å². The van der Waals surface area contributed by atoms with Gasteiger partial charge in [0.15, 0.2) is 0 Å². The number of rotatable bonds is 4. The van der Waals surface area contributed by atoms with Gasteiger partial charge in [0.05, 0.1) is 5.52 Å². The number of aliphatic carboxylic acids is 1. The van der Waals surface area contributed by atoms with Gasteiger partial charge in [0, 0.05) is 18.0 Å². The van der Waals surface area contributed by atoms with E-state index in [2.05, 4.69) is 5.32 Å². The Morgan fingerprint density at radius 2 is 1.65 bits per heavy atom. The van der Waals surface area contributed by atoms with Crippen molar-refractivity contribution in [2.24, 2.45) is 0 Å². The molecular weight excluding hydrogens is 292 g/mol. The second-order valence-corrected chi connectivity index (χ2v) is 4.95. The van der Waals surface area contributed by atoms with Gasteiger partial charge in [0.1, 0.15) is 5.70 Å². The number of fused-ring (bicyclic) bond motifs is 1. The molecule has 3 aromatic rings. The maximum atomic E-state index is 12.1. The van der Waals surface area contributed by atoms with Crippen LogP contribution in [-0.4, -0.2) is 21.6 Å². The first-order chi connectivity index (χ1) is 11.1. The van der Waals surface area contributed by atoms with Crippen LogP contribution >= 0.6 is 0 Å². The molecule has 0 atom stereocenters. The largest absolute Gasteiger partial charge is 0.477 e. The number of carboxylic acids is 1. The van der Waals surface area contributed by atoms with Crippen LogP contribution in [0.25, 0.3) is 17.1 Å². The number of carbonyl (C=O) groups excluding carboxylic acids is 1. The number of aromatic nitrogens is 1. The van der Waals surface area contributed by atoms with Gasteiger partial charge in [-0.15, -0.1) is 0 Å². The third-order valence-corrected chi connectivity index (χ3v) is 3.41. The highest BCUT2D eigenvalue weighted by molar-refractivity contribution is 6.02. The lowest BCUT2D eigenvalue weighted by Gasteiger charge is -2.07. The van der Waals surface area contributed by atoms with E-state index in [-0.39, 0.29) is 5.70 Å². The Morgan fingerprint density at radius 3 is 2.39 bits per heavy atom. The number of hydrogen-bond donors (Lipinski definition) is 2. The molecule has 0 aliphatic carbocycles. The summed E-state index contributed by atoms with van der Waals surface area (Å²) >= 11 is 0. The molecule has 5 heteroatoms. The predicted octanol–water partition coefficient (Wildman–Crippen LogP) is 2.95. The second kappa shape index (κ2) is 6.19. The predicted molar refractivity (Wildman–Crippen MR) is 87.8 cm³/mol. The summed E-state index contributed by atoms with van der Waals surface area (Å²) in [4.78, 5) is 23.6. The zero-order chi connectivity index (χ0) is 16.2. The van der Waals surface area contributed by atoms with Gasteiger partial charge in [-0.25, -0.2) is 4.79 Å². The molecule has 0 spiro atoms. The Bertz CT molecular complexity index is 895. The van der Waals surface area contributed by atoms with Crippen molar-refractivity contribution in [3.05, 3.63) is 78.1 Å². The topological polar surface area (TPSA) is 71.3 Å². The molecule has 1 aromatic heterocycles. The molecule has 23 heavy (non-hydrogen) atoms. The van der Waals surface area contributed by atoms with Crippen LogP contribution in [0.3, 0.4) is 0 Å². The van der Waals surface area contributed by atoms with E-state index in [4.69, 9.17) is 0 Å². The summed E-state index contributed by atoms with van der Waals surface area (Å²) in [6, 6.07) is 18.0. The lowest BCUT2D eigenvalue weighted by Crippen LogP contribution is -2.27. The average molecular weight is 306 g/mol. The standard InChI is InChI=1S/C18H14N2O3/c21-17(14-7-2-1-3-8-14)19-15(18(22)23)12-20-11-10-13-6-4-5-9-16(13)20/h1-12H,(H,19,21)(H,22,23)/b15-12+. The van der Waals surface area contributed by atoms with Crippen molar-refractivity contribution in [2.75, 3.05) is 0 Å². The van der Waals surface area contributed by atoms with Gasteiger partial charge in [0.2, 0.25) is 0 Å². The average Bonchev–Trinajstić information content (AvgIpc) is 2.98. The van der Waals surface area contributed by atoms with E-state index in [9.17, 15) is 14.7 Å². The second-order valence-electron chi connectivity index (χ2n) is 4.95. The number of amides is 1. The third kappa shape index (κ3) is 3.13. The summed E-state index contributed by atoms with van der Waals surface area (Å²) in [5.74, 6) is -1.66. The van der Waals surface area contributed by atoms with E-state index in [1.807, 2.05) is 30.3 Å². The van der Waals surface area contributed by atoms with Gasteiger partial charge < -0.3 is 15.0 Å². The highest BCUT2D eigenvalue weighted by Gasteiger charge is 2.13. The van der Waals surface area contributed by atoms with Crippen LogP contribution in [0.1, 0.15) is 10.4 Å². The van der Waals surface area contributed by atoms with Crippen LogP contribution in [0.15, 0.2) is 72.6 Å². The number of carbonyl (C=O) groups is 2. The monoisotopic (exact) mass is 306 g/mol. The molecule has 0 bridgehead atoms. The van der Waals surface area contributed by atoms with Crippen LogP contribution < -0.4 is 5.32 Å². The zero-order valence-corrected chi connectivity index (χ0v) is 12.1. The molecule has 1 heterocycles. The lowest BCUT2D eigenvalue weighted by molar-refractivity contribution is -0.132. The van der Waals surface area contributed by atoms with E-state index in [0.717, 1.165) is 10.9 Å². The Labute approximate surface area is 132 Å². The van der Waals surface area contributed by atoms with E-state index in [1.54, 1.807) is 41.1 Å². The first-order valence-corrected chi connectivity index (χ1v) is 7.02. The molecule has 5 nitrogen and oxygen atoms in total. The third-order valence-electron chi connectivity index (χ3n) is 3.41. The molecular formula is C18H14N2O3. The summed E-state index contributed by atoms with van der Waals surface area (Å²) in [5, 5.41) is 12.8. The highest BCUT2D eigenvalue weighted by Crippen LogP contribution is 2.16. The fourth-order valence-electron chi connectivity index (χ4n) is 2.28. The molecule has 0 aliphatic heterocycles. The molecule has 0 saturated heterocycles. The van der Waals surface area contributed by atoms with E-state index in [1.165, 1.54) is 6.20 Å². The molecule has 1 amide bonds. The fourth-order valence-corrected chi connectivity index (χ4v) is 2.28. The van der Waals surface area contributed by atoms with Crippen LogP contribution in [-0.2, 0) is 4.79 Å². The molecule has 0 aliphatic rings. The fraction of sp³-hybridized carbons (Fsp3) is 0. The molecule has 0 unspecified atom stereocenters. The summed E-state index contributed by atoms with van der Waals surface area (Å²) in [6.45, 7) is 0. The van der Waals surface area contributed by atoms with Gasteiger partial charge in [-0.2, -0.15) is 0 Å². The number of nitrogens with zero attached hydrogens (tertiary/aromatic N) is 1. The molecule has 2 aromatic carbocycles. The minimum Gasteiger partial charge on any atom is -0.477 e. The van der Waals surface area contributed by atoms with Crippen molar-refractivity contribution in [3.63, 3.8) is 0 Å². The molecule has 0 fully saturated rings. The SMILES string of the molecule is O=C(O)/C(=C\n1ccc2ccccc21)NC(=O)c1ccccc1. The van der Waals surface area contributed by atoms with Gasteiger partial charge >= 0.3 is 5.97 Å². The minimum absolute atomic E-state index is 0.194. The first kappa shape index (κ1) is 14.6. The van der Waals surface area contributed by atoms with Crippen LogP contribution in [0.2, 0.25) is 0 Å². The molecule has 0 radical (unpaired) electrons. The van der Waals surface area contributed by atoms with Crippen molar-refractivity contribution in [1.82, 2.24) is 9.88 Å². The van der Waals surface area contributed by atoms with Crippen molar-refractivity contribution in [2.45, 2.75) is 0 Å². The quantitative estimate of drug-likeness (QED) is 0.728. The number of carboxylic acid groups (broad SMARTS) is 1. The Balaban J connectivity index is 1.93. The molecule has 3 rings (SSSR count). The summed E-state index contributed by atoms with van der Waals surface area (Å²) in [5.41, 5.74) is 1.07. The molecule has 114 valence electrons. The minimum atomic E-state index is -1.20. The van der Waals surface area contributed by atoms with Gasteiger partial charge in [0.25, 0.3) is 5.91 Å². The van der Waals surface area contributed by atoms with E-state index in [0.29, 0.717) is 5.56 Å². The zero-order valence-electron chi connectivity index (χ0n) is 12.1. The molecule has 0 saturated carbocycles. The maximum absolute atomic E-state index is 12.1. The van der Waals surface area contributed by atoms with E-state index < -0.39 is 11.9 Å². The lowest BCUT2D eigenvalue weighted by atomic mass is 10.2. The van der Waals surface area contributed by atoms with Crippen molar-refractivity contribution >= 4 is 29.0 Å². The number of nitrogens with one attached hydrogen (secondary N) is 1. The van der Waals surface area contributed by atoms with E-state index >= 15 is 0 Å². The Morgan fingerprint density at radius 1 is 0.957 bits per heavy atom. The highest BCUT2D eigenvalue weighted by atomic mass is 16.4. The summed E-state index contributed by atoms with van der Waals surface area (Å²) < 4.78 is 1.67. The van der Waals surface area contributed by atoms with Gasteiger partial charge in [-0.1, -0.05) is 36.4 Å². The Hall–Kier alpha value is -3.34. The number of benzene rings is 2. The van der Waals surface area contributed by atoms with Crippen molar-refractivity contribution < 1.29 is 14.7 Å². The van der Waals surface area contributed by atoms with Gasteiger partial charge in [-0.3, -0.25) is 4.79 Å². The maximum Gasteiger partial charge on any atom is 0.353 e. The summed E-state index contributed by atoms with van der Waals surface area (Å²) in [6.07, 6.45) is 3.15. The normalized spacial score (nSPS) is 11.4. The van der Waals surface area contributed by atoms with Crippen molar-refractivity contribution in [1.29, 1.82) is 0 Å². The smallest absolute Gasteiger partial charge is 0.353 e. The first-order valence-electron chi connectivity index (χ1n) is 7.02. The number of para-hydroxylation sites is 1. The summed E-state index contributed by atoms with van der Waals surface area (Å²) in [7, 11) is 0. The van der Waals surface area contributed by atoms with Crippen LogP contribution in [0, 0.1) is 0 Å². The number of hydrogen-bond acceptors (Lipinski definition) is 2. The van der Waals surface area contributed by atoms with Gasteiger partial charge in [-0.05, 0) is 29.7 Å².